The summed E-state index contributed by atoms with van der Waals surface area (Å²) >= 11 is 0. The van der Waals surface area contributed by atoms with E-state index < -0.39 is 0 Å². The van der Waals surface area contributed by atoms with Gasteiger partial charge in [-0.15, -0.1) is 0 Å². The van der Waals surface area contributed by atoms with Crippen molar-refractivity contribution < 1.29 is 0 Å². The van der Waals surface area contributed by atoms with Crippen LogP contribution in [0.15, 0.2) is 53.5 Å². The summed E-state index contributed by atoms with van der Waals surface area (Å²) in [5, 5.41) is 0. The molecular weight excluding hydrogens is 194 g/mol. The Morgan fingerprint density at radius 1 is 0.938 bits per heavy atom. The molecule has 16 heavy (non-hydrogen) atoms. The fraction of sp³-hybridized carbons (Fsp3) is 0.133. The van der Waals surface area contributed by atoms with Crippen molar-refractivity contribution in [2.45, 2.75) is 13.8 Å². The first-order valence-electron chi connectivity index (χ1n) is 5.42. The van der Waals surface area contributed by atoms with E-state index in [1.165, 1.54) is 16.7 Å². The van der Waals surface area contributed by atoms with Crippen LogP contribution in [0.25, 0.3) is 0 Å². The van der Waals surface area contributed by atoms with Crippen molar-refractivity contribution in [2.75, 3.05) is 0 Å². The summed E-state index contributed by atoms with van der Waals surface area (Å²) in [4.78, 5) is 4.45. The molecule has 0 aliphatic rings. The summed E-state index contributed by atoms with van der Waals surface area (Å²) in [6.45, 7) is 4.20. The van der Waals surface area contributed by atoms with Gasteiger partial charge in [-0.1, -0.05) is 42.0 Å². The molecule has 0 N–H and O–H groups in total. The first kappa shape index (κ1) is 10.6. The topological polar surface area (TPSA) is 12.4 Å². The van der Waals surface area contributed by atoms with Gasteiger partial charge in [0.1, 0.15) is 0 Å². The van der Waals surface area contributed by atoms with Crippen LogP contribution in [0.3, 0.4) is 0 Å². The molecule has 0 unspecified atom stereocenters. The van der Waals surface area contributed by atoms with Crippen LogP contribution >= 0.6 is 0 Å². The molecule has 0 fully saturated rings. The zero-order chi connectivity index (χ0) is 11.4. The van der Waals surface area contributed by atoms with Crippen LogP contribution in [0.1, 0.15) is 16.7 Å². The third kappa shape index (κ3) is 2.57. The van der Waals surface area contributed by atoms with Gasteiger partial charge in [-0.3, -0.25) is 4.99 Å². The molecule has 80 valence electrons. The van der Waals surface area contributed by atoms with Crippen molar-refractivity contribution in [2.24, 2.45) is 4.99 Å². The van der Waals surface area contributed by atoms with E-state index in [2.05, 4.69) is 37.0 Å². The first-order chi connectivity index (χ1) is 7.75. The molecule has 1 heteroatoms. The van der Waals surface area contributed by atoms with Gasteiger partial charge in [0.15, 0.2) is 0 Å². The number of aliphatic imine (C=N–C) groups is 1. The van der Waals surface area contributed by atoms with Crippen LogP contribution in [0.5, 0.6) is 0 Å². The Morgan fingerprint density at radius 3 is 2.44 bits per heavy atom. The normalized spacial score (nSPS) is 10.9. The number of benzene rings is 2. The fourth-order valence-corrected chi connectivity index (χ4v) is 1.56. The Labute approximate surface area is 96.5 Å². The zero-order valence-corrected chi connectivity index (χ0v) is 9.64. The first-order valence-corrected chi connectivity index (χ1v) is 5.42. The van der Waals surface area contributed by atoms with Crippen molar-refractivity contribution in [1.82, 2.24) is 0 Å². The van der Waals surface area contributed by atoms with Gasteiger partial charge < -0.3 is 0 Å². The Hall–Kier alpha value is -1.89. The smallest absolute Gasteiger partial charge is 0.0629 e. The van der Waals surface area contributed by atoms with Crippen molar-refractivity contribution in [3.8, 4) is 0 Å². The van der Waals surface area contributed by atoms with E-state index in [4.69, 9.17) is 0 Å². The highest BCUT2D eigenvalue weighted by molar-refractivity contribution is 5.84. The van der Waals surface area contributed by atoms with Gasteiger partial charge in [-0.2, -0.15) is 0 Å². The maximum atomic E-state index is 4.45. The minimum atomic E-state index is 0.989. The third-order valence-corrected chi connectivity index (χ3v) is 2.54. The molecule has 1 nitrogen and oxygen atoms in total. The monoisotopic (exact) mass is 209 g/mol. The Morgan fingerprint density at radius 2 is 1.69 bits per heavy atom. The van der Waals surface area contributed by atoms with Crippen molar-refractivity contribution >= 4 is 11.9 Å². The Balaban J connectivity index is 2.27. The highest BCUT2D eigenvalue weighted by atomic mass is 14.7. The van der Waals surface area contributed by atoms with E-state index in [-0.39, 0.29) is 0 Å². The standard InChI is InChI=1S/C15H15N/c1-12-8-9-13(2)14(10-12)11-16-15-6-4-3-5-7-15/h3-11H,1-2H3/b16-11+. The van der Waals surface area contributed by atoms with E-state index in [9.17, 15) is 0 Å². The van der Waals surface area contributed by atoms with Crippen LogP contribution < -0.4 is 0 Å². The molecule has 0 aliphatic carbocycles. The van der Waals surface area contributed by atoms with Gasteiger partial charge in [-0.05, 0) is 37.1 Å². The minimum Gasteiger partial charge on any atom is -0.256 e. The summed E-state index contributed by atoms with van der Waals surface area (Å²) < 4.78 is 0. The second-order valence-electron chi connectivity index (χ2n) is 3.95. The molecule has 0 aliphatic heterocycles. The van der Waals surface area contributed by atoms with Crippen molar-refractivity contribution in [3.63, 3.8) is 0 Å². The Kier molecular flexibility index (Phi) is 3.16. The van der Waals surface area contributed by atoms with E-state index in [1.54, 1.807) is 0 Å². The van der Waals surface area contributed by atoms with Crippen LogP contribution in [0.4, 0.5) is 5.69 Å². The summed E-state index contributed by atoms with van der Waals surface area (Å²) in [6.07, 6.45) is 1.93. The number of aryl methyl sites for hydroxylation is 2. The van der Waals surface area contributed by atoms with E-state index in [1.807, 2.05) is 36.5 Å². The molecule has 0 bridgehead atoms. The van der Waals surface area contributed by atoms with Gasteiger partial charge >= 0.3 is 0 Å². The summed E-state index contributed by atoms with van der Waals surface area (Å²) in [5.74, 6) is 0. The lowest BCUT2D eigenvalue weighted by molar-refractivity contribution is 1.38. The van der Waals surface area contributed by atoms with Crippen LogP contribution in [0, 0.1) is 13.8 Å². The van der Waals surface area contributed by atoms with E-state index in [0.717, 1.165) is 5.69 Å². The van der Waals surface area contributed by atoms with Crippen LogP contribution in [0.2, 0.25) is 0 Å². The second kappa shape index (κ2) is 4.75. The van der Waals surface area contributed by atoms with Gasteiger partial charge in [-0.25, -0.2) is 0 Å². The van der Waals surface area contributed by atoms with E-state index >= 15 is 0 Å². The highest BCUT2D eigenvalue weighted by Crippen LogP contribution is 2.12. The SMILES string of the molecule is Cc1ccc(C)c(/C=N/c2ccccc2)c1. The number of rotatable bonds is 2. The van der Waals surface area contributed by atoms with Gasteiger partial charge in [0.25, 0.3) is 0 Å². The van der Waals surface area contributed by atoms with Crippen LogP contribution in [-0.4, -0.2) is 6.21 Å². The molecule has 2 aromatic rings. The molecule has 2 rings (SSSR count). The lowest BCUT2D eigenvalue weighted by Gasteiger charge is -2.01. The molecule has 0 heterocycles. The maximum absolute atomic E-state index is 4.45. The predicted molar refractivity (Wildman–Crippen MR) is 69.6 cm³/mol. The largest absolute Gasteiger partial charge is 0.256 e. The van der Waals surface area contributed by atoms with Crippen molar-refractivity contribution in [1.29, 1.82) is 0 Å². The highest BCUT2D eigenvalue weighted by Gasteiger charge is 1.94. The molecule has 0 radical (unpaired) electrons. The average molecular weight is 209 g/mol. The van der Waals surface area contributed by atoms with E-state index in [0.29, 0.717) is 0 Å². The summed E-state index contributed by atoms with van der Waals surface area (Å²) in [6, 6.07) is 16.4. The molecule has 0 aromatic heterocycles. The maximum Gasteiger partial charge on any atom is 0.0629 e. The van der Waals surface area contributed by atoms with Gasteiger partial charge in [0.2, 0.25) is 0 Å². The average Bonchev–Trinajstić information content (AvgIpc) is 2.32. The molecule has 0 spiro atoms. The molecule has 0 amide bonds. The number of hydrogen-bond donors (Lipinski definition) is 0. The number of nitrogens with zero attached hydrogens (tertiary/aromatic N) is 1. The van der Waals surface area contributed by atoms with Gasteiger partial charge in [0.05, 0.1) is 5.69 Å². The molecule has 0 saturated carbocycles. The minimum absolute atomic E-state index is 0.989. The molecule has 0 saturated heterocycles. The fourth-order valence-electron chi connectivity index (χ4n) is 1.56. The Bertz CT molecular complexity index is 498. The summed E-state index contributed by atoms with van der Waals surface area (Å²) in [5.41, 5.74) is 4.69. The second-order valence-corrected chi connectivity index (χ2v) is 3.95. The molecular formula is C15H15N. The van der Waals surface area contributed by atoms with Gasteiger partial charge in [0, 0.05) is 6.21 Å². The zero-order valence-electron chi connectivity index (χ0n) is 9.64. The number of para-hydroxylation sites is 1. The number of hydrogen-bond acceptors (Lipinski definition) is 1. The lowest BCUT2D eigenvalue weighted by Crippen LogP contribution is -1.87. The summed E-state index contributed by atoms with van der Waals surface area (Å²) in [7, 11) is 0. The van der Waals surface area contributed by atoms with Crippen LogP contribution in [-0.2, 0) is 0 Å². The quantitative estimate of drug-likeness (QED) is 0.661. The molecule has 2 aromatic carbocycles. The third-order valence-electron chi connectivity index (χ3n) is 2.54. The predicted octanol–water partition coefficient (Wildman–Crippen LogP) is 4.05. The molecule has 0 atom stereocenters. The van der Waals surface area contributed by atoms with Crippen molar-refractivity contribution in [3.05, 3.63) is 65.2 Å². The lowest BCUT2D eigenvalue weighted by atomic mass is 10.1.